The third kappa shape index (κ3) is 5.72. The molecule has 0 saturated heterocycles. The van der Waals surface area contributed by atoms with Crippen LogP contribution < -0.4 is 0 Å². The number of pyridine rings is 1. The Kier molecular flexibility index (Phi) is 7.49. The van der Waals surface area contributed by atoms with Gasteiger partial charge in [0.25, 0.3) is 0 Å². The molecule has 0 aliphatic rings. The number of hydrogen-bond donors (Lipinski definition) is 0. The highest BCUT2D eigenvalue weighted by molar-refractivity contribution is 6.00. The summed E-state index contributed by atoms with van der Waals surface area (Å²) in [5, 5.41) is 3.58. The van der Waals surface area contributed by atoms with Gasteiger partial charge in [0.15, 0.2) is 5.82 Å². The molecule has 0 aliphatic heterocycles. The van der Waals surface area contributed by atoms with Crippen molar-refractivity contribution in [2.45, 2.75) is 0 Å². The van der Waals surface area contributed by atoms with E-state index in [-0.39, 0.29) is 0 Å². The smallest absolute Gasteiger partial charge is 0.160 e. The van der Waals surface area contributed by atoms with Crippen LogP contribution in [0, 0.1) is 0 Å². The zero-order valence-corrected chi connectivity index (χ0v) is 27.2. The van der Waals surface area contributed by atoms with Crippen molar-refractivity contribution in [1.29, 1.82) is 0 Å². The first-order chi connectivity index (χ1) is 24.7. The molecule has 0 N–H and O–H groups in total. The van der Waals surface area contributed by atoms with E-state index in [0.29, 0.717) is 5.82 Å². The highest BCUT2D eigenvalue weighted by atomic mass is 14.9. The second kappa shape index (κ2) is 12.7. The fraction of sp³-hybridized carbons (Fsp3) is 0. The van der Waals surface area contributed by atoms with E-state index in [9.17, 15) is 0 Å². The van der Waals surface area contributed by atoms with Gasteiger partial charge >= 0.3 is 0 Å². The maximum Gasteiger partial charge on any atom is 0.160 e. The fourth-order valence-electron chi connectivity index (χ4n) is 6.69. The van der Waals surface area contributed by atoms with Gasteiger partial charge in [-0.1, -0.05) is 152 Å². The van der Waals surface area contributed by atoms with Crippen molar-refractivity contribution < 1.29 is 0 Å². The quantitative estimate of drug-likeness (QED) is 0.182. The maximum atomic E-state index is 5.03. The van der Waals surface area contributed by atoms with Crippen LogP contribution in [-0.4, -0.2) is 15.0 Å². The number of rotatable bonds is 6. The first-order valence-corrected chi connectivity index (χ1v) is 16.8. The summed E-state index contributed by atoms with van der Waals surface area (Å²) in [4.78, 5) is 14.7. The SMILES string of the molecule is c1ccc(-c2cc(-c3ccccc3)nc(-c3ccc(-c4cc(-c5ccc(-c6cnc7ccccc7c6)cc5)c5ccccc5c4)cc3)n2)cc1. The lowest BCUT2D eigenvalue weighted by Gasteiger charge is -2.13. The van der Waals surface area contributed by atoms with Crippen molar-refractivity contribution in [2.75, 3.05) is 0 Å². The Balaban J connectivity index is 1.08. The summed E-state index contributed by atoms with van der Waals surface area (Å²) in [6, 6.07) is 63.8. The highest BCUT2D eigenvalue weighted by Crippen LogP contribution is 2.36. The van der Waals surface area contributed by atoms with E-state index in [2.05, 4.69) is 138 Å². The lowest BCUT2D eigenvalue weighted by atomic mass is 9.92. The van der Waals surface area contributed by atoms with Crippen LogP contribution >= 0.6 is 0 Å². The largest absolute Gasteiger partial charge is 0.256 e. The van der Waals surface area contributed by atoms with Crippen LogP contribution in [0.3, 0.4) is 0 Å². The van der Waals surface area contributed by atoms with Crippen LogP contribution in [0.25, 0.3) is 89.0 Å². The van der Waals surface area contributed by atoms with Gasteiger partial charge in [0.05, 0.1) is 16.9 Å². The molecule has 0 bridgehead atoms. The topological polar surface area (TPSA) is 38.7 Å². The molecule has 7 aromatic carbocycles. The van der Waals surface area contributed by atoms with Crippen LogP contribution in [0.4, 0.5) is 0 Å². The molecule has 0 saturated carbocycles. The second-order valence-electron chi connectivity index (χ2n) is 12.5. The van der Waals surface area contributed by atoms with E-state index in [1.807, 2.05) is 54.7 Å². The lowest BCUT2D eigenvalue weighted by molar-refractivity contribution is 1.18. The van der Waals surface area contributed by atoms with Crippen molar-refractivity contribution in [1.82, 2.24) is 15.0 Å². The number of aromatic nitrogens is 3. The molecule has 0 spiro atoms. The van der Waals surface area contributed by atoms with E-state index < -0.39 is 0 Å². The van der Waals surface area contributed by atoms with Crippen molar-refractivity contribution in [2.24, 2.45) is 0 Å². The van der Waals surface area contributed by atoms with Gasteiger partial charge in [-0.05, 0) is 68.9 Å². The van der Waals surface area contributed by atoms with E-state index in [0.717, 1.165) is 61.2 Å². The van der Waals surface area contributed by atoms with Gasteiger partial charge in [0, 0.05) is 33.8 Å². The standard InChI is InChI=1S/C47H31N3/c1-3-11-35(12-4-1)45-30-46(36-13-5-2-6-14-36)50-47(49-45)37-25-21-32(22-26-37)40-27-38-15-7-9-17-42(38)43(29-40)34-23-19-33(20-24-34)41-28-39-16-8-10-18-44(39)48-31-41/h1-31H. The molecule has 0 fully saturated rings. The minimum absolute atomic E-state index is 0.706. The van der Waals surface area contributed by atoms with Gasteiger partial charge < -0.3 is 0 Å². The lowest BCUT2D eigenvalue weighted by Crippen LogP contribution is -1.96. The predicted molar refractivity (Wildman–Crippen MR) is 207 cm³/mol. The third-order valence-electron chi connectivity index (χ3n) is 9.32. The predicted octanol–water partition coefficient (Wildman–Crippen LogP) is 12.2. The molecule has 0 amide bonds. The van der Waals surface area contributed by atoms with Crippen LogP contribution in [0.1, 0.15) is 0 Å². The minimum atomic E-state index is 0.706. The number of benzene rings is 7. The molecule has 0 radical (unpaired) electrons. The Labute approximate surface area is 291 Å². The molecule has 3 heteroatoms. The second-order valence-corrected chi connectivity index (χ2v) is 12.5. The molecule has 3 nitrogen and oxygen atoms in total. The maximum absolute atomic E-state index is 5.03. The van der Waals surface area contributed by atoms with E-state index in [1.165, 1.54) is 21.9 Å². The summed E-state index contributed by atoms with van der Waals surface area (Å²) in [6.45, 7) is 0. The molecule has 234 valence electrons. The van der Waals surface area contributed by atoms with E-state index in [1.54, 1.807) is 0 Å². The van der Waals surface area contributed by atoms with Crippen molar-refractivity contribution in [3.63, 3.8) is 0 Å². The molecular formula is C47H31N3. The molecule has 50 heavy (non-hydrogen) atoms. The zero-order chi connectivity index (χ0) is 33.3. The average Bonchev–Trinajstić information content (AvgIpc) is 3.21. The summed E-state index contributed by atoms with van der Waals surface area (Å²) >= 11 is 0. The fourth-order valence-corrected chi connectivity index (χ4v) is 6.69. The monoisotopic (exact) mass is 637 g/mol. The number of hydrogen-bond acceptors (Lipinski definition) is 3. The summed E-state index contributed by atoms with van der Waals surface area (Å²) < 4.78 is 0. The van der Waals surface area contributed by atoms with Crippen molar-refractivity contribution >= 4 is 21.7 Å². The molecule has 0 atom stereocenters. The minimum Gasteiger partial charge on any atom is -0.256 e. The Morgan fingerprint density at radius 2 is 0.840 bits per heavy atom. The molecule has 0 aliphatic carbocycles. The first kappa shape index (κ1) is 29.4. The van der Waals surface area contributed by atoms with E-state index in [4.69, 9.17) is 9.97 Å². The Morgan fingerprint density at radius 1 is 0.320 bits per heavy atom. The summed E-state index contributed by atoms with van der Waals surface area (Å²) in [7, 11) is 0. The van der Waals surface area contributed by atoms with Crippen LogP contribution in [0.2, 0.25) is 0 Å². The van der Waals surface area contributed by atoms with Crippen LogP contribution in [0.5, 0.6) is 0 Å². The van der Waals surface area contributed by atoms with Gasteiger partial charge in [-0.15, -0.1) is 0 Å². The summed E-state index contributed by atoms with van der Waals surface area (Å²) in [6.07, 6.45) is 1.96. The van der Waals surface area contributed by atoms with Gasteiger partial charge in [-0.2, -0.15) is 0 Å². The third-order valence-corrected chi connectivity index (χ3v) is 9.32. The van der Waals surface area contributed by atoms with Gasteiger partial charge in [0.1, 0.15) is 0 Å². The van der Waals surface area contributed by atoms with E-state index >= 15 is 0 Å². The molecular weight excluding hydrogens is 607 g/mol. The highest BCUT2D eigenvalue weighted by Gasteiger charge is 2.13. The van der Waals surface area contributed by atoms with Gasteiger partial charge in [-0.3, -0.25) is 4.98 Å². The van der Waals surface area contributed by atoms with Gasteiger partial charge in [0.2, 0.25) is 0 Å². The van der Waals surface area contributed by atoms with Gasteiger partial charge in [-0.25, -0.2) is 9.97 Å². The normalized spacial score (nSPS) is 11.2. The number of para-hydroxylation sites is 1. The van der Waals surface area contributed by atoms with Crippen LogP contribution in [0.15, 0.2) is 188 Å². The number of nitrogens with zero attached hydrogens (tertiary/aromatic N) is 3. The average molecular weight is 638 g/mol. The Morgan fingerprint density at radius 3 is 1.52 bits per heavy atom. The summed E-state index contributed by atoms with van der Waals surface area (Å²) in [5.41, 5.74) is 12.9. The summed E-state index contributed by atoms with van der Waals surface area (Å²) in [5.74, 6) is 0.706. The Hall–Kier alpha value is -6.71. The number of fused-ring (bicyclic) bond motifs is 2. The first-order valence-electron chi connectivity index (χ1n) is 16.8. The molecule has 2 heterocycles. The van der Waals surface area contributed by atoms with Crippen molar-refractivity contribution in [3.8, 4) is 67.3 Å². The zero-order valence-electron chi connectivity index (χ0n) is 27.2. The Bertz CT molecular complexity index is 2550. The van der Waals surface area contributed by atoms with Crippen molar-refractivity contribution in [3.05, 3.63) is 188 Å². The molecule has 0 unspecified atom stereocenters. The molecule has 2 aromatic heterocycles. The molecule has 9 aromatic rings. The van der Waals surface area contributed by atoms with Crippen LogP contribution in [-0.2, 0) is 0 Å². The molecule has 9 rings (SSSR count).